The van der Waals surface area contributed by atoms with Gasteiger partial charge in [0.15, 0.2) is 0 Å². The van der Waals surface area contributed by atoms with Crippen LogP contribution in [0.1, 0.15) is 0 Å². The minimum atomic E-state index is -0.249. The number of aromatic amines is 1. The lowest BCUT2D eigenvalue weighted by atomic mass is 10.1. The normalized spacial score (nSPS) is 10.7. The Morgan fingerprint density at radius 2 is 1.77 bits per heavy atom. The fourth-order valence-electron chi connectivity index (χ4n) is 2.36. The molecule has 0 radical (unpaired) electrons. The minimum absolute atomic E-state index is 0.249. The molecule has 3 rings (SSSR count). The Bertz CT molecular complexity index is 869. The first-order valence-electron chi connectivity index (χ1n) is 6.65. The van der Waals surface area contributed by atoms with Crippen molar-refractivity contribution in [2.45, 2.75) is 0 Å². The molecular weight excluding hydrogens is 321 g/mol. The average Bonchev–Trinajstić information content (AvgIpc) is 2.87. The van der Waals surface area contributed by atoms with Crippen molar-refractivity contribution in [1.82, 2.24) is 9.55 Å². The lowest BCUT2D eigenvalue weighted by Crippen LogP contribution is -2.15. The van der Waals surface area contributed by atoms with Gasteiger partial charge in [-0.1, -0.05) is 53.5 Å². The SMILES string of the molecule is CNc1[nH]c(=O)n(-c2ccc(Cl)c(Cl)c2)c1-c1ccccc1. The maximum absolute atomic E-state index is 12.4. The molecule has 0 aliphatic rings. The zero-order valence-corrected chi connectivity index (χ0v) is 13.2. The van der Waals surface area contributed by atoms with Crippen LogP contribution in [0.2, 0.25) is 10.0 Å². The van der Waals surface area contributed by atoms with E-state index in [2.05, 4.69) is 10.3 Å². The first kappa shape index (κ1) is 14.8. The van der Waals surface area contributed by atoms with Crippen molar-refractivity contribution in [3.8, 4) is 16.9 Å². The Kier molecular flexibility index (Phi) is 3.96. The third-order valence-corrected chi connectivity index (χ3v) is 4.09. The van der Waals surface area contributed by atoms with Crippen LogP contribution in [-0.2, 0) is 0 Å². The highest BCUT2D eigenvalue weighted by Crippen LogP contribution is 2.30. The van der Waals surface area contributed by atoms with Gasteiger partial charge in [-0.2, -0.15) is 0 Å². The average molecular weight is 334 g/mol. The van der Waals surface area contributed by atoms with E-state index >= 15 is 0 Å². The summed E-state index contributed by atoms with van der Waals surface area (Å²) in [6.45, 7) is 0. The number of imidazole rings is 1. The summed E-state index contributed by atoms with van der Waals surface area (Å²) in [5.41, 5.74) is 2.06. The summed E-state index contributed by atoms with van der Waals surface area (Å²) in [6.07, 6.45) is 0. The molecular formula is C16H13Cl2N3O. The largest absolute Gasteiger partial charge is 0.373 e. The zero-order valence-electron chi connectivity index (χ0n) is 11.7. The number of nitrogens with one attached hydrogen (secondary N) is 2. The molecule has 0 spiro atoms. The van der Waals surface area contributed by atoms with Gasteiger partial charge < -0.3 is 5.32 Å². The standard InChI is InChI=1S/C16H13Cl2N3O/c1-19-15-14(10-5-3-2-4-6-10)21(16(22)20-15)11-7-8-12(17)13(18)9-11/h2-9,19H,1H3,(H,20,22). The Labute approximate surface area is 137 Å². The summed E-state index contributed by atoms with van der Waals surface area (Å²) in [7, 11) is 1.76. The lowest BCUT2D eigenvalue weighted by Gasteiger charge is -2.10. The third kappa shape index (κ3) is 2.51. The molecule has 0 bridgehead atoms. The molecule has 2 aromatic carbocycles. The highest BCUT2D eigenvalue weighted by atomic mass is 35.5. The highest BCUT2D eigenvalue weighted by molar-refractivity contribution is 6.42. The fourth-order valence-corrected chi connectivity index (χ4v) is 2.65. The van der Waals surface area contributed by atoms with Gasteiger partial charge in [-0.05, 0) is 18.2 Å². The van der Waals surface area contributed by atoms with Gasteiger partial charge in [0.25, 0.3) is 0 Å². The Balaban J connectivity index is 2.30. The molecule has 1 aromatic heterocycles. The number of benzene rings is 2. The molecule has 0 amide bonds. The van der Waals surface area contributed by atoms with Gasteiger partial charge in [-0.15, -0.1) is 0 Å². The van der Waals surface area contributed by atoms with Crippen LogP contribution in [0.4, 0.5) is 5.82 Å². The molecule has 22 heavy (non-hydrogen) atoms. The van der Waals surface area contributed by atoms with E-state index in [9.17, 15) is 4.79 Å². The van der Waals surface area contributed by atoms with Crippen LogP contribution >= 0.6 is 23.2 Å². The number of halogens is 2. The van der Waals surface area contributed by atoms with Gasteiger partial charge in [-0.25, -0.2) is 4.79 Å². The van der Waals surface area contributed by atoms with Gasteiger partial charge in [0, 0.05) is 12.6 Å². The van der Waals surface area contributed by atoms with Crippen LogP contribution in [0.25, 0.3) is 16.9 Å². The quantitative estimate of drug-likeness (QED) is 0.755. The molecule has 0 saturated carbocycles. The second-order valence-corrected chi connectivity index (χ2v) is 5.52. The van der Waals surface area contributed by atoms with Gasteiger partial charge >= 0.3 is 5.69 Å². The second-order valence-electron chi connectivity index (χ2n) is 4.70. The molecule has 2 N–H and O–H groups in total. The maximum atomic E-state index is 12.4. The van der Waals surface area contributed by atoms with E-state index < -0.39 is 0 Å². The van der Waals surface area contributed by atoms with Gasteiger partial charge in [0.05, 0.1) is 21.4 Å². The van der Waals surface area contributed by atoms with E-state index in [1.165, 1.54) is 0 Å². The second kappa shape index (κ2) is 5.91. The Morgan fingerprint density at radius 1 is 1.05 bits per heavy atom. The summed E-state index contributed by atoms with van der Waals surface area (Å²) in [5.74, 6) is 0.641. The summed E-state index contributed by atoms with van der Waals surface area (Å²) in [4.78, 5) is 15.2. The number of hydrogen-bond donors (Lipinski definition) is 2. The van der Waals surface area contributed by atoms with Crippen molar-refractivity contribution in [2.75, 3.05) is 12.4 Å². The molecule has 0 unspecified atom stereocenters. The summed E-state index contributed by atoms with van der Waals surface area (Å²) < 4.78 is 1.57. The molecule has 0 fully saturated rings. The summed E-state index contributed by atoms with van der Waals surface area (Å²) in [6, 6.07) is 14.8. The Morgan fingerprint density at radius 3 is 2.41 bits per heavy atom. The molecule has 6 heteroatoms. The van der Waals surface area contributed by atoms with Crippen molar-refractivity contribution < 1.29 is 0 Å². The molecule has 1 heterocycles. The molecule has 112 valence electrons. The van der Waals surface area contributed by atoms with Crippen LogP contribution in [0, 0.1) is 0 Å². The van der Waals surface area contributed by atoms with E-state index in [1.807, 2.05) is 30.3 Å². The number of rotatable bonds is 3. The zero-order chi connectivity index (χ0) is 15.7. The van der Waals surface area contributed by atoms with Gasteiger partial charge in [0.2, 0.25) is 0 Å². The van der Waals surface area contributed by atoms with Crippen LogP contribution in [0.5, 0.6) is 0 Å². The molecule has 4 nitrogen and oxygen atoms in total. The summed E-state index contributed by atoms with van der Waals surface area (Å²) in [5, 5.41) is 3.86. The number of H-pyrrole nitrogens is 1. The number of hydrogen-bond acceptors (Lipinski definition) is 2. The topological polar surface area (TPSA) is 49.8 Å². The minimum Gasteiger partial charge on any atom is -0.373 e. The van der Waals surface area contributed by atoms with Crippen molar-refractivity contribution in [1.29, 1.82) is 0 Å². The molecule has 3 aromatic rings. The van der Waals surface area contributed by atoms with Crippen molar-refractivity contribution in [3.05, 3.63) is 69.1 Å². The van der Waals surface area contributed by atoms with E-state index in [-0.39, 0.29) is 5.69 Å². The smallest absolute Gasteiger partial charge is 0.332 e. The number of nitrogens with zero attached hydrogens (tertiary/aromatic N) is 1. The van der Waals surface area contributed by atoms with E-state index in [4.69, 9.17) is 23.2 Å². The van der Waals surface area contributed by atoms with Crippen molar-refractivity contribution in [2.24, 2.45) is 0 Å². The van der Waals surface area contributed by atoms with Crippen LogP contribution in [0.3, 0.4) is 0 Å². The number of aromatic nitrogens is 2. The van der Waals surface area contributed by atoms with Gasteiger partial charge in [0.1, 0.15) is 5.82 Å². The fraction of sp³-hybridized carbons (Fsp3) is 0.0625. The van der Waals surface area contributed by atoms with E-state index in [0.717, 1.165) is 11.3 Å². The van der Waals surface area contributed by atoms with Crippen LogP contribution in [-0.4, -0.2) is 16.6 Å². The van der Waals surface area contributed by atoms with Crippen LogP contribution < -0.4 is 11.0 Å². The molecule has 0 aliphatic carbocycles. The van der Waals surface area contributed by atoms with E-state index in [0.29, 0.717) is 21.6 Å². The number of anilines is 1. The van der Waals surface area contributed by atoms with Crippen molar-refractivity contribution >= 4 is 29.0 Å². The molecule has 0 atom stereocenters. The first-order valence-corrected chi connectivity index (χ1v) is 7.41. The molecule has 0 saturated heterocycles. The monoisotopic (exact) mass is 333 g/mol. The van der Waals surface area contributed by atoms with Gasteiger partial charge in [-0.3, -0.25) is 9.55 Å². The van der Waals surface area contributed by atoms with E-state index in [1.54, 1.807) is 29.8 Å². The Hall–Kier alpha value is -2.17. The van der Waals surface area contributed by atoms with Crippen molar-refractivity contribution in [3.63, 3.8) is 0 Å². The maximum Gasteiger partial charge on any atom is 0.332 e. The molecule has 0 aliphatic heterocycles. The first-order chi connectivity index (χ1) is 10.6. The predicted octanol–water partition coefficient (Wildman–Crippen LogP) is 4.18. The van der Waals surface area contributed by atoms with Crippen LogP contribution in [0.15, 0.2) is 53.3 Å². The third-order valence-electron chi connectivity index (χ3n) is 3.35. The summed E-state index contributed by atoms with van der Waals surface area (Å²) >= 11 is 12.0. The lowest BCUT2D eigenvalue weighted by molar-refractivity contribution is 0.993. The highest BCUT2D eigenvalue weighted by Gasteiger charge is 2.17. The predicted molar refractivity (Wildman–Crippen MR) is 91.4 cm³/mol.